The molecule has 1 aliphatic rings. The van der Waals surface area contributed by atoms with Gasteiger partial charge in [-0.05, 0) is 17.7 Å². The number of ether oxygens (including phenoxy) is 1. The van der Waals surface area contributed by atoms with E-state index in [0.29, 0.717) is 10.0 Å². The van der Waals surface area contributed by atoms with E-state index < -0.39 is 23.7 Å². The molecule has 1 aromatic carbocycles. The Hall–Kier alpha value is -1.23. The third-order valence-corrected chi connectivity index (χ3v) is 2.89. The first kappa shape index (κ1) is 10.3. The molecule has 1 atom stereocenters. The van der Waals surface area contributed by atoms with Crippen LogP contribution in [0.15, 0.2) is 22.7 Å². The minimum absolute atomic E-state index is 0.0169. The van der Waals surface area contributed by atoms with Crippen LogP contribution >= 0.6 is 15.9 Å². The number of benzene rings is 1. The molecule has 0 spiro atoms. The van der Waals surface area contributed by atoms with E-state index in [4.69, 9.17) is 0 Å². The minimum atomic E-state index is -0.618. The van der Waals surface area contributed by atoms with Gasteiger partial charge in [-0.15, -0.1) is 0 Å². The molecule has 0 aromatic heterocycles. The van der Waals surface area contributed by atoms with Gasteiger partial charge < -0.3 is 4.74 Å². The van der Waals surface area contributed by atoms with Gasteiger partial charge in [0.25, 0.3) is 0 Å². The Labute approximate surface area is 93.4 Å². The highest BCUT2D eigenvalue weighted by Gasteiger charge is 2.35. The molecule has 1 heterocycles. The second-order valence-corrected chi connectivity index (χ2v) is 4.07. The molecule has 0 radical (unpaired) electrons. The van der Waals surface area contributed by atoms with Crippen molar-refractivity contribution in [2.75, 3.05) is 0 Å². The first-order chi connectivity index (χ1) is 7.08. The lowest BCUT2D eigenvalue weighted by Gasteiger charge is -2.07. The first-order valence-corrected chi connectivity index (χ1v) is 5.06. The molecule has 5 heteroatoms. The lowest BCUT2D eigenvalue weighted by atomic mass is 9.98. The molecule has 0 amide bonds. The Morgan fingerprint density at radius 1 is 1.40 bits per heavy atom. The van der Waals surface area contributed by atoms with Crippen molar-refractivity contribution in [2.45, 2.75) is 12.3 Å². The van der Waals surface area contributed by atoms with Crippen molar-refractivity contribution in [2.24, 2.45) is 0 Å². The molecule has 0 N–H and O–H groups in total. The van der Waals surface area contributed by atoms with Gasteiger partial charge in [-0.25, -0.2) is 4.39 Å². The molecule has 0 bridgehead atoms. The van der Waals surface area contributed by atoms with Crippen LogP contribution in [0.3, 0.4) is 0 Å². The average Bonchev–Trinajstić information content (AvgIpc) is 2.45. The van der Waals surface area contributed by atoms with E-state index in [-0.39, 0.29) is 6.42 Å². The normalized spacial score (nSPS) is 20.5. The summed E-state index contributed by atoms with van der Waals surface area (Å²) >= 11 is 3.15. The number of carbonyl (C=O) groups excluding carboxylic acids is 2. The highest BCUT2D eigenvalue weighted by atomic mass is 79.9. The van der Waals surface area contributed by atoms with Gasteiger partial charge in [-0.2, -0.15) is 0 Å². The summed E-state index contributed by atoms with van der Waals surface area (Å²) in [7, 11) is 0. The van der Waals surface area contributed by atoms with Gasteiger partial charge in [0.15, 0.2) is 0 Å². The van der Waals surface area contributed by atoms with E-state index in [1.54, 1.807) is 0 Å². The molecule has 1 unspecified atom stereocenters. The Bertz CT molecular complexity index is 444. The van der Waals surface area contributed by atoms with Crippen molar-refractivity contribution < 1.29 is 18.7 Å². The van der Waals surface area contributed by atoms with E-state index in [1.807, 2.05) is 0 Å². The predicted octanol–water partition coefficient (Wildman–Crippen LogP) is 2.15. The molecule has 1 fully saturated rings. The summed E-state index contributed by atoms with van der Waals surface area (Å²) < 4.78 is 17.7. The molecule has 3 nitrogen and oxygen atoms in total. The zero-order chi connectivity index (χ0) is 11.0. The number of hydrogen-bond acceptors (Lipinski definition) is 3. The quantitative estimate of drug-likeness (QED) is 0.581. The summed E-state index contributed by atoms with van der Waals surface area (Å²) in [4.78, 5) is 22.1. The molecule has 78 valence electrons. The van der Waals surface area contributed by atoms with Crippen LogP contribution in [0.4, 0.5) is 4.39 Å². The van der Waals surface area contributed by atoms with Crippen LogP contribution < -0.4 is 0 Å². The van der Waals surface area contributed by atoms with Crippen LogP contribution in [0.5, 0.6) is 0 Å². The summed E-state index contributed by atoms with van der Waals surface area (Å²) in [6, 6.07) is 3.98. The van der Waals surface area contributed by atoms with E-state index >= 15 is 0 Å². The number of cyclic esters (lactones) is 2. The lowest BCUT2D eigenvalue weighted by molar-refractivity contribution is -0.152. The molecule has 0 saturated carbocycles. The molecule has 0 aliphatic carbocycles. The van der Waals surface area contributed by atoms with Crippen molar-refractivity contribution in [3.63, 3.8) is 0 Å². The zero-order valence-electron chi connectivity index (χ0n) is 7.50. The molecule has 1 saturated heterocycles. The fourth-order valence-electron chi connectivity index (χ4n) is 1.50. The first-order valence-electron chi connectivity index (χ1n) is 4.27. The number of hydrogen-bond donors (Lipinski definition) is 0. The van der Waals surface area contributed by atoms with Crippen molar-refractivity contribution in [3.05, 3.63) is 34.1 Å². The molecule has 2 rings (SSSR count). The molecule has 1 aliphatic heterocycles. The fourth-order valence-corrected chi connectivity index (χ4v) is 2.12. The second kappa shape index (κ2) is 3.73. The van der Waals surface area contributed by atoms with E-state index in [1.165, 1.54) is 18.2 Å². The van der Waals surface area contributed by atoms with Crippen LogP contribution in [0, 0.1) is 5.82 Å². The molecule has 1 aromatic rings. The Morgan fingerprint density at radius 2 is 2.13 bits per heavy atom. The smallest absolute Gasteiger partial charge is 0.321 e. The maximum Gasteiger partial charge on any atom is 0.321 e. The minimum Gasteiger partial charge on any atom is -0.393 e. The topological polar surface area (TPSA) is 43.4 Å². The maximum atomic E-state index is 12.8. The molecular weight excluding hydrogens is 267 g/mol. The van der Waals surface area contributed by atoms with Crippen molar-refractivity contribution >= 4 is 27.9 Å². The van der Waals surface area contributed by atoms with Crippen molar-refractivity contribution in [3.8, 4) is 0 Å². The SMILES string of the molecule is O=C1CC(c2ccc(F)cc2Br)C(=O)O1. The second-order valence-electron chi connectivity index (χ2n) is 3.22. The van der Waals surface area contributed by atoms with Gasteiger partial charge in [0.2, 0.25) is 0 Å². The summed E-state index contributed by atoms with van der Waals surface area (Å²) in [6.45, 7) is 0. The van der Waals surface area contributed by atoms with Gasteiger partial charge >= 0.3 is 11.9 Å². The average molecular weight is 273 g/mol. The Morgan fingerprint density at radius 3 is 2.67 bits per heavy atom. The standard InChI is InChI=1S/C10H6BrFO3/c11-8-3-5(12)1-2-6(8)7-4-9(13)15-10(7)14/h1-3,7H,4H2. The third kappa shape index (κ3) is 1.92. The summed E-state index contributed by atoms with van der Waals surface area (Å²) in [6.07, 6.45) is 0.0169. The number of esters is 2. The Balaban J connectivity index is 2.38. The molecular formula is C10H6BrFO3. The summed E-state index contributed by atoms with van der Waals surface area (Å²) in [5.74, 6) is -2.13. The van der Waals surface area contributed by atoms with Gasteiger partial charge in [-0.1, -0.05) is 22.0 Å². The highest BCUT2D eigenvalue weighted by Crippen LogP contribution is 2.32. The zero-order valence-corrected chi connectivity index (χ0v) is 9.08. The van der Waals surface area contributed by atoms with Crippen LogP contribution in [0.25, 0.3) is 0 Å². The summed E-state index contributed by atoms with van der Waals surface area (Å²) in [5.41, 5.74) is 0.576. The third-order valence-electron chi connectivity index (χ3n) is 2.21. The van der Waals surface area contributed by atoms with Crippen LogP contribution in [-0.2, 0) is 14.3 Å². The summed E-state index contributed by atoms with van der Waals surface area (Å²) in [5, 5.41) is 0. The van der Waals surface area contributed by atoms with Gasteiger partial charge in [0.1, 0.15) is 5.82 Å². The van der Waals surface area contributed by atoms with Gasteiger partial charge in [-0.3, -0.25) is 9.59 Å². The maximum absolute atomic E-state index is 12.8. The van der Waals surface area contributed by atoms with E-state index in [0.717, 1.165) is 0 Å². The van der Waals surface area contributed by atoms with Crippen LogP contribution in [-0.4, -0.2) is 11.9 Å². The number of rotatable bonds is 1. The van der Waals surface area contributed by atoms with Crippen molar-refractivity contribution in [1.82, 2.24) is 0 Å². The van der Waals surface area contributed by atoms with Crippen LogP contribution in [0.2, 0.25) is 0 Å². The highest BCUT2D eigenvalue weighted by molar-refractivity contribution is 9.10. The van der Waals surface area contributed by atoms with Crippen LogP contribution in [0.1, 0.15) is 17.9 Å². The number of carbonyl (C=O) groups is 2. The van der Waals surface area contributed by atoms with Gasteiger partial charge in [0.05, 0.1) is 12.3 Å². The fraction of sp³-hybridized carbons (Fsp3) is 0.200. The number of halogens is 2. The van der Waals surface area contributed by atoms with Gasteiger partial charge in [0, 0.05) is 4.47 Å². The van der Waals surface area contributed by atoms with E-state index in [2.05, 4.69) is 20.7 Å². The monoisotopic (exact) mass is 272 g/mol. The molecule has 15 heavy (non-hydrogen) atoms. The van der Waals surface area contributed by atoms with E-state index in [9.17, 15) is 14.0 Å². The lowest BCUT2D eigenvalue weighted by Crippen LogP contribution is -2.06. The Kier molecular flexibility index (Phi) is 2.56. The predicted molar refractivity (Wildman–Crippen MR) is 52.6 cm³/mol. The van der Waals surface area contributed by atoms with Crippen molar-refractivity contribution in [1.29, 1.82) is 0 Å². The largest absolute Gasteiger partial charge is 0.393 e.